The lowest BCUT2D eigenvalue weighted by Crippen LogP contribution is -2.38. The van der Waals surface area contributed by atoms with Gasteiger partial charge < -0.3 is 10.2 Å². The van der Waals surface area contributed by atoms with Crippen molar-refractivity contribution in [3.8, 4) is 0 Å². The van der Waals surface area contributed by atoms with Gasteiger partial charge in [-0.15, -0.1) is 0 Å². The molecule has 0 aliphatic heterocycles. The Kier molecular flexibility index (Phi) is 6.17. The van der Waals surface area contributed by atoms with Gasteiger partial charge >= 0.3 is 0 Å². The van der Waals surface area contributed by atoms with Crippen LogP contribution in [0.1, 0.15) is 17.3 Å². The predicted octanol–water partition coefficient (Wildman–Crippen LogP) is 3.92. The van der Waals surface area contributed by atoms with Crippen molar-refractivity contribution in [2.24, 2.45) is 0 Å². The number of carbonyl (C=O) groups is 2. The van der Waals surface area contributed by atoms with Crippen LogP contribution >= 0.6 is 23.2 Å². The van der Waals surface area contributed by atoms with Crippen molar-refractivity contribution in [3.05, 3.63) is 63.9 Å². The van der Waals surface area contributed by atoms with Gasteiger partial charge in [-0.2, -0.15) is 0 Å². The van der Waals surface area contributed by atoms with Crippen LogP contribution in [0.25, 0.3) is 0 Å². The van der Waals surface area contributed by atoms with Crippen LogP contribution in [0.4, 0.5) is 10.1 Å². The first-order valence-corrected chi connectivity index (χ1v) is 7.91. The Hall–Kier alpha value is -2.11. The molecule has 2 amide bonds. The summed E-state index contributed by atoms with van der Waals surface area (Å²) in [4.78, 5) is 25.2. The third-order valence-corrected chi connectivity index (χ3v) is 3.87. The minimum atomic E-state index is -0.601. The van der Waals surface area contributed by atoms with Crippen molar-refractivity contribution >= 4 is 40.7 Å². The SMILES string of the molecule is CC(=O)N(CCNC(=O)c1ccccc1F)c1cc(Cl)ccc1Cl. The summed E-state index contributed by atoms with van der Waals surface area (Å²) in [5.41, 5.74) is 0.407. The van der Waals surface area contributed by atoms with Gasteiger partial charge in [0, 0.05) is 25.0 Å². The van der Waals surface area contributed by atoms with Crippen LogP contribution in [0.2, 0.25) is 10.0 Å². The minimum Gasteiger partial charge on any atom is -0.350 e. The Bertz CT molecular complexity index is 768. The number of nitrogens with zero attached hydrogens (tertiary/aromatic N) is 1. The summed E-state index contributed by atoms with van der Waals surface area (Å²) >= 11 is 12.0. The van der Waals surface area contributed by atoms with Gasteiger partial charge in [-0.1, -0.05) is 35.3 Å². The molecular formula is C17H15Cl2FN2O2. The fourth-order valence-corrected chi connectivity index (χ4v) is 2.55. The van der Waals surface area contributed by atoms with Gasteiger partial charge in [0.2, 0.25) is 5.91 Å². The summed E-state index contributed by atoms with van der Waals surface area (Å²) < 4.78 is 13.6. The molecule has 24 heavy (non-hydrogen) atoms. The van der Waals surface area contributed by atoms with Crippen molar-refractivity contribution in [2.75, 3.05) is 18.0 Å². The van der Waals surface area contributed by atoms with Gasteiger partial charge in [0.15, 0.2) is 0 Å². The first kappa shape index (κ1) is 18.2. The van der Waals surface area contributed by atoms with Crippen LogP contribution < -0.4 is 10.2 Å². The zero-order valence-corrected chi connectivity index (χ0v) is 14.4. The Morgan fingerprint density at radius 2 is 1.88 bits per heavy atom. The number of halogens is 3. The summed E-state index contributed by atoms with van der Waals surface area (Å²) in [6, 6.07) is 10.5. The van der Waals surface area contributed by atoms with E-state index in [2.05, 4.69) is 5.32 Å². The largest absolute Gasteiger partial charge is 0.350 e. The molecule has 0 heterocycles. The predicted molar refractivity (Wildman–Crippen MR) is 93.2 cm³/mol. The second-order valence-corrected chi connectivity index (χ2v) is 5.85. The second-order valence-electron chi connectivity index (χ2n) is 5.00. The van der Waals surface area contributed by atoms with Crippen molar-refractivity contribution in [2.45, 2.75) is 6.92 Å². The maximum atomic E-state index is 13.6. The first-order chi connectivity index (χ1) is 11.4. The number of nitrogens with one attached hydrogen (secondary N) is 1. The van der Waals surface area contributed by atoms with Crippen LogP contribution in [-0.2, 0) is 4.79 Å². The average Bonchev–Trinajstić information content (AvgIpc) is 2.54. The van der Waals surface area contributed by atoms with Crippen LogP contribution in [0.3, 0.4) is 0 Å². The minimum absolute atomic E-state index is 0.0485. The molecule has 0 fully saturated rings. The van der Waals surface area contributed by atoms with E-state index in [4.69, 9.17) is 23.2 Å². The molecule has 0 aromatic heterocycles. The molecule has 0 saturated carbocycles. The Morgan fingerprint density at radius 3 is 2.54 bits per heavy atom. The van der Waals surface area contributed by atoms with Crippen LogP contribution in [0.15, 0.2) is 42.5 Å². The van der Waals surface area contributed by atoms with E-state index in [1.165, 1.54) is 30.0 Å². The number of anilines is 1. The molecule has 0 atom stereocenters. The zero-order valence-electron chi connectivity index (χ0n) is 12.9. The van der Waals surface area contributed by atoms with Crippen LogP contribution in [-0.4, -0.2) is 24.9 Å². The van der Waals surface area contributed by atoms with Crippen molar-refractivity contribution in [1.29, 1.82) is 0 Å². The summed E-state index contributed by atoms with van der Waals surface area (Å²) in [7, 11) is 0. The third-order valence-electron chi connectivity index (χ3n) is 3.32. The quantitative estimate of drug-likeness (QED) is 0.869. The van der Waals surface area contributed by atoms with Crippen molar-refractivity contribution in [3.63, 3.8) is 0 Å². The molecule has 0 unspecified atom stereocenters. The number of carbonyl (C=O) groups excluding carboxylic acids is 2. The van der Waals surface area contributed by atoms with Crippen LogP contribution in [0, 0.1) is 5.82 Å². The second kappa shape index (κ2) is 8.13. The van der Waals surface area contributed by atoms with Crippen molar-refractivity contribution in [1.82, 2.24) is 5.32 Å². The van der Waals surface area contributed by atoms with Gasteiger partial charge in [0.1, 0.15) is 5.82 Å². The summed E-state index contributed by atoms with van der Waals surface area (Å²) in [6.07, 6.45) is 0. The van der Waals surface area contributed by atoms with E-state index in [0.717, 1.165) is 0 Å². The van der Waals surface area contributed by atoms with Crippen molar-refractivity contribution < 1.29 is 14.0 Å². The Balaban J connectivity index is 2.05. The highest BCUT2D eigenvalue weighted by atomic mass is 35.5. The molecule has 4 nitrogen and oxygen atoms in total. The molecule has 0 bridgehead atoms. The maximum absolute atomic E-state index is 13.6. The lowest BCUT2D eigenvalue weighted by molar-refractivity contribution is -0.116. The standard InChI is InChI=1S/C17H15Cl2FN2O2/c1-11(23)22(16-10-12(18)6-7-14(16)19)9-8-21-17(24)13-4-2-3-5-15(13)20/h2-7,10H,8-9H2,1H3,(H,21,24). The number of hydrogen-bond donors (Lipinski definition) is 1. The highest BCUT2D eigenvalue weighted by molar-refractivity contribution is 6.35. The molecule has 1 N–H and O–H groups in total. The molecule has 2 aromatic rings. The monoisotopic (exact) mass is 368 g/mol. The first-order valence-electron chi connectivity index (χ1n) is 7.16. The molecule has 0 spiro atoms. The molecular weight excluding hydrogens is 354 g/mol. The lowest BCUT2D eigenvalue weighted by atomic mass is 10.2. The number of rotatable bonds is 5. The summed E-state index contributed by atoms with van der Waals surface area (Å²) in [5, 5.41) is 3.39. The Morgan fingerprint density at radius 1 is 1.17 bits per heavy atom. The molecule has 2 aromatic carbocycles. The average molecular weight is 369 g/mol. The molecule has 7 heteroatoms. The van der Waals surface area contributed by atoms with Gasteiger partial charge in [-0.3, -0.25) is 9.59 Å². The third kappa shape index (κ3) is 4.46. The summed E-state index contributed by atoms with van der Waals surface area (Å²) in [6.45, 7) is 1.70. The fraction of sp³-hybridized carbons (Fsp3) is 0.176. The zero-order chi connectivity index (χ0) is 17.7. The molecule has 0 saturated heterocycles. The van der Waals surface area contributed by atoms with E-state index >= 15 is 0 Å². The molecule has 2 rings (SSSR count). The van der Waals surface area contributed by atoms with E-state index in [1.807, 2.05) is 0 Å². The topological polar surface area (TPSA) is 49.4 Å². The van der Waals surface area contributed by atoms with E-state index in [-0.39, 0.29) is 24.6 Å². The van der Waals surface area contributed by atoms with E-state index in [9.17, 15) is 14.0 Å². The molecule has 0 aliphatic rings. The van der Waals surface area contributed by atoms with Gasteiger partial charge in [-0.25, -0.2) is 4.39 Å². The highest BCUT2D eigenvalue weighted by Gasteiger charge is 2.16. The van der Waals surface area contributed by atoms with E-state index < -0.39 is 11.7 Å². The lowest BCUT2D eigenvalue weighted by Gasteiger charge is -2.22. The maximum Gasteiger partial charge on any atom is 0.254 e. The number of benzene rings is 2. The number of hydrogen-bond acceptors (Lipinski definition) is 2. The molecule has 126 valence electrons. The molecule has 0 radical (unpaired) electrons. The number of amides is 2. The smallest absolute Gasteiger partial charge is 0.254 e. The molecule has 0 aliphatic carbocycles. The van der Waals surface area contributed by atoms with Gasteiger partial charge in [0.05, 0.1) is 16.3 Å². The fourth-order valence-electron chi connectivity index (χ4n) is 2.16. The van der Waals surface area contributed by atoms with Gasteiger partial charge in [-0.05, 0) is 30.3 Å². The Labute approximate surface area is 149 Å². The normalized spacial score (nSPS) is 10.3. The van der Waals surface area contributed by atoms with E-state index in [1.54, 1.807) is 24.3 Å². The highest BCUT2D eigenvalue weighted by Crippen LogP contribution is 2.29. The van der Waals surface area contributed by atoms with Crippen LogP contribution in [0.5, 0.6) is 0 Å². The van der Waals surface area contributed by atoms with Gasteiger partial charge in [0.25, 0.3) is 5.91 Å². The summed E-state index contributed by atoms with van der Waals surface area (Å²) in [5.74, 6) is -1.40. The van der Waals surface area contributed by atoms with E-state index in [0.29, 0.717) is 15.7 Å².